The van der Waals surface area contributed by atoms with Crippen LogP contribution in [0.15, 0.2) is 4.99 Å². The van der Waals surface area contributed by atoms with Gasteiger partial charge in [0.2, 0.25) is 0 Å². The van der Waals surface area contributed by atoms with E-state index in [-0.39, 0.29) is 6.10 Å². The minimum Gasteiger partial charge on any atom is -0.373 e. The molecule has 0 aromatic heterocycles. The molecule has 0 saturated carbocycles. The largest absolute Gasteiger partial charge is 0.373 e. The summed E-state index contributed by atoms with van der Waals surface area (Å²) in [6.07, 6.45) is 4.23. The molecule has 0 spiro atoms. The molecule has 0 aromatic carbocycles. The second-order valence-corrected chi connectivity index (χ2v) is 3.11. The number of hydrogen-bond acceptors (Lipinski definition) is 3. The highest BCUT2D eigenvalue weighted by molar-refractivity contribution is 7.78. The summed E-state index contributed by atoms with van der Waals surface area (Å²) in [6.45, 7) is 2.79. The smallest absolute Gasteiger partial charge is 0.0781 e. The average Bonchev–Trinajstić information content (AvgIpc) is 2.01. The van der Waals surface area contributed by atoms with Gasteiger partial charge in [-0.3, -0.25) is 0 Å². The molecule has 0 N–H and O–H groups in total. The second kappa shape index (κ2) is 4.60. The number of ether oxygens (including phenoxy) is 1. The van der Waals surface area contributed by atoms with Crippen LogP contribution in [0.3, 0.4) is 0 Å². The molecule has 1 aliphatic rings. The Labute approximate surface area is 72.7 Å². The van der Waals surface area contributed by atoms with Crippen molar-refractivity contribution in [1.29, 1.82) is 0 Å². The second-order valence-electron chi connectivity index (χ2n) is 2.93. The fraction of sp³-hybridized carbons (Fsp3) is 0.875. The molecular weight excluding hydrogens is 158 g/mol. The van der Waals surface area contributed by atoms with Gasteiger partial charge in [0.05, 0.1) is 23.9 Å². The molecule has 0 amide bonds. The molecule has 0 aliphatic carbocycles. The fourth-order valence-electron chi connectivity index (χ4n) is 1.37. The van der Waals surface area contributed by atoms with Crippen molar-refractivity contribution in [3.8, 4) is 0 Å². The van der Waals surface area contributed by atoms with Crippen LogP contribution in [0.4, 0.5) is 0 Å². The van der Waals surface area contributed by atoms with E-state index in [0.29, 0.717) is 12.6 Å². The number of rotatable bonds is 2. The summed E-state index contributed by atoms with van der Waals surface area (Å²) in [5, 5.41) is 2.36. The minimum absolute atomic E-state index is 0.286. The van der Waals surface area contributed by atoms with Crippen LogP contribution in [0, 0.1) is 0 Å². The summed E-state index contributed by atoms with van der Waals surface area (Å²) in [5.74, 6) is 0. The minimum atomic E-state index is 0.286. The Morgan fingerprint density at radius 2 is 2.45 bits per heavy atom. The molecule has 2 atom stereocenters. The summed E-state index contributed by atoms with van der Waals surface area (Å²) in [7, 11) is 0. The van der Waals surface area contributed by atoms with Gasteiger partial charge in [-0.1, -0.05) is 0 Å². The zero-order chi connectivity index (χ0) is 8.10. The third kappa shape index (κ3) is 3.10. The number of nitrogens with zero attached hydrogens (tertiary/aromatic N) is 1. The third-order valence-corrected chi connectivity index (χ3v) is 2.05. The summed E-state index contributed by atoms with van der Waals surface area (Å²) in [5.41, 5.74) is 0. The average molecular weight is 171 g/mol. The first-order valence-electron chi connectivity index (χ1n) is 4.02. The fourth-order valence-corrected chi connectivity index (χ4v) is 1.45. The Kier molecular flexibility index (Phi) is 3.70. The summed E-state index contributed by atoms with van der Waals surface area (Å²) < 4.78 is 5.61. The van der Waals surface area contributed by atoms with Crippen LogP contribution in [0.25, 0.3) is 0 Å². The van der Waals surface area contributed by atoms with Crippen LogP contribution in [0.2, 0.25) is 0 Å². The first kappa shape index (κ1) is 8.85. The monoisotopic (exact) mass is 171 g/mol. The molecule has 11 heavy (non-hydrogen) atoms. The van der Waals surface area contributed by atoms with E-state index in [1.54, 1.807) is 0 Å². The maximum atomic E-state index is 5.61. The third-order valence-electron chi connectivity index (χ3n) is 1.92. The first-order chi connectivity index (χ1) is 5.33. The van der Waals surface area contributed by atoms with Gasteiger partial charge in [0.1, 0.15) is 0 Å². The van der Waals surface area contributed by atoms with Crippen LogP contribution in [0.5, 0.6) is 0 Å². The number of isothiocyanates is 1. The van der Waals surface area contributed by atoms with Crippen LogP contribution in [-0.4, -0.2) is 23.9 Å². The van der Waals surface area contributed by atoms with E-state index >= 15 is 0 Å². The van der Waals surface area contributed by atoms with Crippen molar-refractivity contribution >= 4 is 17.4 Å². The molecule has 62 valence electrons. The van der Waals surface area contributed by atoms with Crippen molar-refractivity contribution in [2.45, 2.75) is 38.4 Å². The normalized spacial score (nSPS) is 31.0. The number of thiocarbonyl (C=S) groups is 1. The van der Waals surface area contributed by atoms with Gasteiger partial charge < -0.3 is 4.74 Å². The van der Waals surface area contributed by atoms with Crippen LogP contribution in [0.1, 0.15) is 26.2 Å². The van der Waals surface area contributed by atoms with Gasteiger partial charge in [-0.2, -0.15) is 0 Å². The van der Waals surface area contributed by atoms with E-state index in [4.69, 9.17) is 4.74 Å². The van der Waals surface area contributed by atoms with E-state index in [1.807, 2.05) is 0 Å². The molecule has 1 aliphatic heterocycles. The van der Waals surface area contributed by atoms with Gasteiger partial charge >= 0.3 is 0 Å². The Morgan fingerprint density at radius 1 is 1.64 bits per heavy atom. The highest BCUT2D eigenvalue weighted by Crippen LogP contribution is 2.18. The first-order valence-corrected chi connectivity index (χ1v) is 4.43. The van der Waals surface area contributed by atoms with Crippen molar-refractivity contribution in [2.24, 2.45) is 4.99 Å². The molecule has 1 fully saturated rings. The van der Waals surface area contributed by atoms with Gasteiger partial charge in [-0.15, -0.1) is 0 Å². The lowest BCUT2D eigenvalue weighted by Crippen LogP contribution is -2.27. The topological polar surface area (TPSA) is 21.6 Å². The number of aliphatic imine (C=N–C) groups is 1. The van der Waals surface area contributed by atoms with Crippen molar-refractivity contribution in [3.63, 3.8) is 0 Å². The van der Waals surface area contributed by atoms with Gasteiger partial charge in [-0.05, 0) is 38.4 Å². The maximum Gasteiger partial charge on any atom is 0.0781 e. The molecule has 0 unspecified atom stereocenters. The van der Waals surface area contributed by atoms with Crippen molar-refractivity contribution in [2.75, 3.05) is 6.54 Å². The Bertz CT molecular complexity index is 165. The standard InChI is InChI=1S/C8H13NOS/c1-7-3-2-4-8(10-7)5-9-6-11/h7-8H,2-5H2,1H3/t7-,8-/m1/s1. The summed E-state index contributed by atoms with van der Waals surface area (Å²) >= 11 is 4.48. The zero-order valence-corrected chi connectivity index (χ0v) is 7.56. The van der Waals surface area contributed by atoms with Gasteiger partial charge in [0.25, 0.3) is 0 Å². The molecule has 1 saturated heterocycles. The Hall–Kier alpha value is -0.240. The molecule has 1 heterocycles. The Morgan fingerprint density at radius 3 is 3.09 bits per heavy atom. The van der Waals surface area contributed by atoms with Crippen LogP contribution in [-0.2, 0) is 4.74 Å². The molecular formula is C8H13NOS. The van der Waals surface area contributed by atoms with E-state index < -0.39 is 0 Å². The molecule has 0 bridgehead atoms. The van der Waals surface area contributed by atoms with Crippen molar-refractivity contribution in [1.82, 2.24) is 0 Å². The number of hydrogen-bond donors (Lipinski definition) is 0. The van der Waals surface area contributed by atoms with Crippen molar-refractivity contribution < 1.29 is 4.74 Å². The molecule has 0 aromatic rings. The molecule has 0 radical (unpaired) electrons. The quantitative estimate of drug-likeness (QED) is 0.468. The lowest BCUT2D eigenvalue weighted by molar-refractivity contribution is -0.0338. The molecule has 1 rings (SSSR count). The van der Waals surface area contributed by atoms with E-state index in [9.17, 15) is 0 Å². The predicted molar refractivity (Wildman–Crippen MR) is 48.1 cm³/mol. The Balaban J connectivity index is 2.27. The van der Waals surface area contributed by atoms with Crippen LogP contribution >= 0.6 is 12.2 Å². The lowest BCUT2D eigenvalue weighted by Gasteiger charge is -2.26. The summed E-state index contributed by atoms with van der Waals surface area (Å²) in [4.78, 5) is 3.87. The molecule has 3 heteroatoms. The van der Waals surface area contributed by atoms with E-state index in [2.05, 4.69) is 29.3 Å². The SMILES string of the molecule is C[C@@H]1CCC[C@H](CN=C=S)O1. The zero-order valence-electron chi connectivity index (χ0n) is 6.75. The van der Waals surface area contributed by atoms with Gasteiger partial charge in [0.15, 0.2) is 0 Å². The van der Waals surface area contributed by atoms with Gasteiger partial charge in [-0.25, -0.2) is 4.99 Å². The van der Waals surface area contributed by atoms with Crippen LogP contribution < -0.4 is 0 Å². The highest BCUT2D eigenvalue weighted by atomic mass is 32.1. The molecule has 2 nitrogen and oxygen atoms in total. The van der Waals surface area contributed by atoms with E-state index in [0.717, 1.165) is 6.42 Å². The van der Waals surface area contributed by atoms with E-state index in [1.165, 1.54) is 12.8 Å². The lowest BCUT2D eigenvalue weighted by atomic mass is 10.1. The van der Waals surface area contributed by atoms with Gasteiger partial charge in [0, 0.05) is 0 Å². The summed E-state index contributed by atoms with van der Waals surface area (Å²) in [6, 6.07) is 0. The highest BCUT2D eigenvalue weighted by Gasteiger charge is 2.17. The van der Waals surface area contributed by atoms with Crippen molar-refractivity contribution in [3.05, 3.63) is 0 Å². The predicted octanol–water partition coefficient (Wildman–Crippen LogP) is 2.05. The maximum absolute atomic E-state index is 5.61.